The number of hydrogen-bond acceptors (Lipinski definition) is 5. The Bertz CT molecular complexity index is 434. The fourth-order valence-electron chi connectivity index (χ4n) is 2.49. The van der Waals surface area contributed by atoms with E-state index >= 15 is 0 Å². The first kappa shape index (κ1) is 14.7. The number of nitrogens with zero attached hydrogens (tertiary/aromatic N) is 3. The van der Waals surface area contributed by atoms with Gasteiger partial charge in [-0.1, -0.05) is 0 Å². The lowest BCUT2D eigenvalue weighted by Gasteiger charge is -2.29. The Morgan fingerprint density at radius 2 is 2.30 bits per heavy atom. The molecule has 2 N–H and O–H groups in total. The number of piperidine rings is 1. The Morgan fingerprint density at radius 1 is 1.45 bits per heavy atom. The fourth-order valence-corrected chi connectivity index (χ4v) is 2.49. The molecule has 0 aliphatic carbocycles. The van der Waals surface area contributed by atoms with Crippen molar-refractivity contribution in [2.24, 2.45) is 5.92 Å². The highest BCUT2D eigenvalue weighted by Gasteiger charge is 2.17. The molecule has 1 atom stereocenters. The molecule has 1 aliphatic rings. The van der Waals surface area contributed by atoms with E-state index in [-0.39, 0.29) is 5.91 Å². The van der Waals surface area contributed by atoms with Crippen LogP contribution in [0.1, 0.15) is 30.3 Å². The van der Waals surface area contributed by atoms with Gasteiger partial charge in [-0.3, -0.25) is 4.79 Å². The first-order chi connectivity index (χ1) is 9.69. The minimum Gasteiger partial charge on any atom is -0.368 e. The van der Waals surface area contributed by atoms with Crippen molar-refractivity contribution in [3.05, 3.63) is 17.8 Å². The van der Waals surface area contributed by atoms with Crippen molar-refractivity contribution in [3.63, 3.8) is 0 Å². The fraction of sp³-hybridized carbons (Fsp3) is 0.643. The van der Waals surface area contributed by atoms with Crippen molar-refractivity contribution in [1.29, 1.82) is 0 Å². The maximum absolute atomic E-state index is 11.6. The van der Waals surface area contributed by atoms with Crippen LogP contribution in [0.25, 0.3) is 0 Å². The maximum atomic E-state index is 11.6. The van der Waals surface area contributed by atoms with Crippen LogP contribution in [0.3, 0.4) is 0 Å². The van der Waals surface area contributed by atoms with Crippen molar-refractivity contribution in [2.45, 2.75) is 19.8 Å². The van der Waals surface area contributed by atoms with Crippen molar-refractivity contribution in [3.8, 4) is 0 Å². The summed E-state index contributed by atoms with van der Waals surface area (Å²) in [5.41, 5.74) is 0.356. The monoisotopic (exact) mass is 277 g/mol. The minimum atomic E-state index is -0.180. The van der Waals surface area contributed by atoms with Crippen LogP contribution in [0.2, 0.25) is 0 Å². The smallest absolute Gasteiger partial charge is 0.271 e. The Balaban J connectivity index is 1.83. The van der Waals surface area contributed by atoms with Gasteiger partial charge in [-0.15, -0.1) is 10.2 Å². The summed E-state index contributed by atoms with van der Waals surface area (Å²) in [7, 11) is 2.16. The summed E-state index contributed by atoms with van der Waals surface area (Å²) in [6.07, 6.45) is 2.51. The molecule has 0 bridgehead atoms. The average molecular weight is 277 g/mol. The van der Waals surface area contributed by atoms with Gasteiger partial charge in [0.25, 0.3) is 5.91 Å². The highest BCUT2D eigenvalue weighted by molar-refractivity contribution is 5.92. The number of amides is 1. The van der Waals surface area contributed by atoms with E-state index in [0.29, 0.717) is 18.2 Å². The van der Waals surface area contributed by atoms with Crippen molar-refractivity contribution in [1.82, 2.24) is 20.4 Å². The molecular formula is C14H23N5O. The van der Waals surface area contributed by atoms with E-state index in [1.54, 1.807) is 6.07 Å². The number of aromatic nitrogens is 2. The largest absolute Gasteiger partial charge is 0.368 e. The van der Waals surface area contributed by atoms with E-state index in [2.05, 4.69) is 32.8 Å². The molecular weight excluding hydrogens is 254 g/mol. The molecule has 0 aromatic carbocycles. The number of rotatable bonds is 5. The molecule has 110 valence electrons. The van der Waals surface area contributed by atoms with Gasteiger partial charge in [0.1, 0.15) is 5.82 Å². The Hall–Kier alpha value is -1.69. The summed E-state index contributed by atoms with van der Waals surface area (Å²) >= 11 is 0. The van der Waals surface area contributed by atoms with Gasteiger partial charge in [-0.25, -0.2) is 0 Å². The molecule has 6 nitrogen and oxygen atoms in total. The van der Waals surface area contributed by atoms with Gasteiger partial charge in [-0.05, 0) is 51.4 Å². The molecule has 1 fully saturated rings. The van der Waals surface area contributed by atoms with Crippen LogP contribution in [0.4, 0.5) is 5.82 Å². The molecule has 2 heterocycles. The first-order valence-corrected chi connectivity index (χ1v) is 7.23. The van der Waals surface area contributed by atoms with E-state index < -0.39 is 0 Å². The summed E-state index contributed by atoms with van der Waals surface area (Å²) in [5.74, 6) is 1.20. The summed E-state index contributed by atoms with van der Waals surface area (Å²) in [6.45, 7) is 5.69. The lowest BCUT2D eigenvalue weighted by molar-refractivity contribution is 0.0950. The molecule has 0 saturated carbocycles. The average Bonchev–Trinajstić information content (AvgIpc) is 2.46. The summed E-state index contributed by atoms with van der Waals surface area (Å²) in [6, 6.07) is 3.51. The lowest BCUT2D eigenvalue weighted by atomic mass is 9.98. The van der Waals surface area contributed by atoms with Gasteiger partial charge in [0.05, 0.1) is 0 Å². The molecule has 1 unspecified atom stereocenters. The number of hydrogen-bond donors (Lipinski definition) is 2. The van der Waals surface area contributed by atoms with Crippen LogP contribution in [-0.4, -0.2) is 54.2 Å². The SMILES string of the molecule is CCNC(=O)c1ccc(NCC2CCCN(C)C2)nn1. The van der Waals surface area contributed by atoms with Crippen LogP contribution < -0.4 is 10.6 Å². The molecule has 6 heteroatoms. The number of carbonyl (C=O) groups excluding carboxylic acids is 1. The van der Waals surface area contributed by atoms with Crippen LogP contribution in [0.5, 0.6) is 0 Å². The number of carbonyl (C=O) groups is 1. The highest BCUT2D eigenvalue weighted by Crippen LogP contribution is 2.15. The van der Waals surface area contributed by atoms with Crippen LogP contribution in [0, 0.1) is 5.92 Å². The summed E-state index contributed by atoms with van der Waals surface area (Å²) in [4.78, 5) is 13.9. The first-order valence-electron chi connectivity index (χ1n) is 7.23. The lowest BCUT2D eigenvalue weighted by Crippen LogP contribution is -2.35. The molecule has 1 amide bonds. The Labute approximate surface area is 120 Å². The van der Waals surface area contributed by atoms with E-state index in [1.165, 1.54) is 19.4 Å². The number of likely N-dealkylation sites (tertiary alicyclic amines) is 1. The van der Waals surface area contributed by atoms with E-state index in [4.69, 9.17) is 0 Å². The van der Waals surface area contributed by atoms with Gasteiger partial charge in [0, 0.05) is 19.6 Å². The molecule has 1 aliphatic heterocycles. The zero-order chi connectivity index (χ0) is 14.4. The van der Waals surface area contributed by atoms with Crippen molar-refractivity contribution in [2.75, 3.05) is 38.5 Å². The van der Waals surface area contributed by atoms with Gasteiger partial charge in [0.2, 0.25) is 0 Å². The molecule has 0 spiro atoms. The predicted molar refractivity (Wildman–Crippen MR) is 78.7 cm³/mol. The van der Waals surface area contributed by atoms with Crippen LogP contribution >= 0.6 is 0 Å². The second kappa shape index (κ2) is 7.19. The molecule has 1 aromatic heterocycles. The molecule has 1 aromatic rings. The van der Waals surface area contributed by atoms with Gasteiger partial charge >= 0.3 is 0 Å². The van der Waals surface area contributed by atoms with Crippen molar-refractivity contribution < 1.29 is 4.79 Å². The second-order valence-electron chi connectivity index (χ2n) is 5.31. The van der Waals surface area contributed by atoms with Crippen LogP contribution in [-0.2, 0) is 0 Å². The van der Waals surface area contributed by atoms with Gasteiger partial charge < -0.3 is 15.5 Å². The zero-order valence-electron chi connectivity index (χ0n) is 12.2. The van der Waals surface area contributed by atoms with Gasteiger partial charge in [0.15, 0.2) is 5.69 Å². The third kappa shape index (κ3) is 4.16. The molecule has 1 saturated heterocycles. The maximum Gasteiger partial charge on any atom is 0.271 e. The molecule has 2 rings (SSSR count). The number of anilines is 1. The Kier molecular flexibility index (Phi) is 5.29. The van der Waals surface area contributed by atoms with Crippen LogP contribution in [0.15, 0.2) is 12.1 Å². The minimum absolute atomic E-state index is 0.180. The summed E-state index contributed by atoms with van der Waals surface area (Å²) < 4.78 is 0. The third-order valence-corrected chi connectivity index (χ3v) is 3.53. The topological polar surface area (TPSA) is 70.2 Å². The predicted octanol–water partition coefficient (Wildman–Crippen LogP) is 0.980. The molecule has 20 heavy (non-hydrogen) atoms. The quantitative estimate of drug-likeness (QED) is 0.839. The standard InChI is InChI=1S/C14H23N5O/c1-3-15-14(20)12-6-7-13(18-17-12)16-9-11-5-4-8-19(2)10-11/h6-7,11H,3-5,8-10H2,1-2H3,(H,15,20)(H,16,18). The van der Waals surface area contributed by atoms with E-state index in [9.17, 15) is 4.79 Å². The third-order valence-electron chi connectivity index (χ3n) is 3.53. The number of nitrogens with one attached hydrogen (secondary N) is 2. The summed E-state index contributed by atoms with van der Waals surface area (Å²) in [5, 5.41) is 14.0. The Morgan fingerprint density at radius 3 is 2.95 bits per heavy atom. The van der Waals surface area contributed by atoms with E-state index in [1.807, 2.05) is 13.0 Å². The zero-order valence-corrected chi connectivity index (χ0v) is 12.2. The normalized spacial score (nSPS) is 19.6. The second-order valence-corrected chi connectivity index (χ2v) is 5.31. The highest BCUT2D eigenvalue weighted by atomic mass is 16.1. The van der Waals surface area contributed by atoms with Gasteiger partial charge in [-0.2, -0.15) is 0 Å². The molecule has 0 radical (unpaired) electrons. The van der Waals surface area contributed by atoms with E-state index in [0.717, 1.165) is 18.9 Å². The van der Waals surface area contributed by atoms with Crippen molar-refractivity contribution >= 4 is 11.7 Å².